The molecule has 166 valence electrons. The smallest absolute Gasteiger partial charge is 0.245 e. The second-order valence-corrected chi connectivity index (χ2v) is 9.97. The van der Waals surface area contributed by atoms with Crippen LogP contribution in [0.25, 0.3) is 21.8 Å². The van der Waals surface area contributed by atoms with Crippen LogP contribution in [0.5, 0.6) is 5.75 Å². The Bertz CT molecular complexity index is 1010. The van der Waals surface area contributed by atoms with Gasteiger partial charge < -0.3 is 15.3 Å². The summed E-state index contributed by atoms with van der Waals surface area (Å²) >= 11 is 1.28. The van der Waals surface area contributed by atoms with Crippen molar-refractivity contribution in [2.75, 3.05) is 11.9 Å². The molecule has 3 aromatic rings. The van der Waals surface area contributed by atoms with Crippen LogP contribution in [0.3, 0.4) is 0 Å². The zero-order valence-corrected chi connectivity index (χ0v) is 20.0. The van der Waals surface area contributed by atoms with E-state index in [4.69, 9.17) is 0 Å². The van der Waals surface area contributed by atoms with Gasteiger partial charge in [-0.25, -0.2) is 9.97 Å². The van der Waals surface area contributed by atoms with Gasteiger partial charge in [0.1, 0.15) is 22.8 Å². The minimum atomic E-state index is 0. The largest absolute Gasteiger partial charge is 0.507 e. The Labute approximate surface area is 192 Å². The number of hydrogen-bond acceptors (Lipinski definition) is 9. The Morgan fingerprint density at radius 1 is 1.10 bits per heavy atom. The molecule has 0 saturated carbocycles. The van der Waals surface area contributed by atoms with Gasteiger partial charge in [-0.2, -0.15) is 4.37 Å². The van der Waals surface area contributed by atoms with Gasteiger partial charge in [-0.15, -0.1) is 22.6 Å². The monoisotopic (exact) mass is 461 g/mol. The number of aromatic hydroxyl groups is 1. The van der Waals surface area contributed by atoms with Crippen LogP contribution in [0.2, 0.25) is 0 Å². The van der Waals surface area contributed by atoms with Crippen molar-refractivity contribution in [3.05, 3.63) is 30.7 Å². The van der Waals surface area contributed by atoms with Crippen LogP contribution in [0.4, 0.5) is 5.95 Å². The van der Waals surface area contributed by atoms with Gasteiger partial charge in [-0.3, -0.25) is 0 Å². The van der Waals surface area contributed by atoms with E-state index < -0.39 is 0 Å². The number of piperidine rings is 1. The Hall–Kier alpha value is -2.36. The average molecular weight is 462 g/mol. The molecule has 0 unspecified atom stereocenters. The molecule has 0 bridgehead atoms. The summed E-state index contributed by atoms with van der Waals surface area (Å²) in [6.45, 7) is 8.91. The van der Waals surface area contributed by atoms with Gasteiger partial charge >= 0.3 is 0 Å². The topological polar surface area (TPSA) is 100.0 Å². The van der Waals surface area contributed by atoms with Gasteiger partial charge in [0.2, 0.25) is 5.95 Å². The highest BCUT2D eigenvalue weighted by Crippen LogP contribution is 2.34. The number of benzene rings is 1. The summed E-state index contributed by atoms with van der Waals surface area (Å²) in [5.74, 6) is 0.698. The molecule has 1 aliphatic rings. The zero-order valence-electron chi connectivity index (χ0n) is 18.3. The number of hydrogen-bond donors (Lipinski definition) is 2. The first-order valence-corrected chi connectivity index (χ1v) is 10.7. The summed E-state index contributed by atoms with van der Waals surface area (Å²) in [6.07, 6.45) is 5.15. The molecule has 2 aromatic heterocycles. The van der Waals surface area contributed by atoms with Crippen molar-refractivity contribution in [1.82, 2.24) is 29.9 Å². The minimum absolute atomic E-state index is 0. The molecule has 0 amide bonds. The summed E-state index contributed by atoms with van der Waals surface area (Å²) in [5.41, 5.74) is 2.00. The van der Waals surface area contributed by atoms with Crippen LogP contribution in [0, 0.1) is 0 Å². The number of nitrogens with zero attached hydrogens (tertiary/aromatic N) is 6. The third-order valence-electron chi connectivity index (χ3n) is 5.46. The van der Waals surface area contributed by atoms with E-state index in [1.807, 2.05) is 13.1 Å². The standard InChI is InChI=1S/C21H27N7OS.ClH/c1-20(2)9-14(10-21(3,4)27-20)28(5)19-22-11-16(25-26-19)15-7-6-13(8-17(15)29)18-23-12-24-30-18;/h6-8,11-12,14,27,29H,9-10H2,1-5H3;1H. The first-order chi connectivity index (χ1) is 14.1. The molecule has 1 saturated heterocycles. The fraction of sp³-hybridized carbons (Fsp3) is 0.476. The van der Waals surface area contributed by atoms with Crippen molar-refractivity contribution >= 4 is 29.9 Å². The van der Waals surface area contributed by atoms with Crippen LogP contribution in [0.1, 0.15) is 40.5 Å². The van der Waals surface area contributed by atoms with Crippen LogP contribution in [-0.2, 0) is 0 Å². The molecule has 8 nitrogen and oxygen atoms in total. The number of nitrogens with one attached hydrogen (secondary N) is 1. The summed E-state index contributed by atoms with van der Waals surface area (Å²) in [4.78, 5) is 10.8. The maximum atomic E-state index is 10.5. The first kappa shape index (κ1) is 23.3. The van der Waals surface area contributed by atoms with Gasteiger partial charge in [0.25, 0.3) is 0 Å². The zero-order chi connectivity index (χ0) is 21.5. The number of phenolic OH excluding ortho intramolecular Hbond substituents is 1. The molecule has 1 aromatic carbocycles. The van der Waals surface area contributed by atoms with Crippen molar-refractivity contribution in [2.24, 2.45) is 0 Å². The van der Waals surface area contributed by atoms with E-state index in [2.05, 4.69) is 62.5 Å². The molecule has 10 heteroatoms. The Kier molecular flexibility index (Phi) is 6.50. The Balaban J connectivity index is 0.00000272. The van der Waals surface area contributed by atoms with E-state index in [0.717, 1.165) is 23.4 Å². The van der Waals surface area contributed by atoms with Crippen molar-refractivity contribution in [3.63, 3.8) is 0 Å². The Morgan fingerprint density at radius 2 is 1.81 bits per heavy atom. The highest BCUT2D eigenvalue weighted by atomic mass is 35.5. The van der Waals surface area contributed by atoms with Crippen LogP contribution < -0.4 is 10.2 Å². The van der Waals surface area contributed by atoms with Crippen molar-refractivity contribution in [2.45, 2.75) is 57.7 Å². The lowest BCUT2D eigenvalue weighted by Crippen LogP contribution is -2.62. The van der Waals surface area contributed by atoms with Crippen molar-refractivity contribution in [1.29, 1.82) is 0 Å². The average Bonchev–Trinajstić information content (AvgIpc) is 3.20. The molecular formula is C21H28ClN7OS. The molecule has 1 aliphatic heterocycles. The van der Waals surface area contributed by atoms with Crippen LogP contribution >= 0.6 is 23.9 Å². The molecular weight excluding hydrogens is 434 g/mol. The predicted octanol–water partition coefficient (Wildman–Crippen LogP) is 3.93. The Morgan fingerprint density at radius 3 is 2.35 bits per heavy atom. The highest BCUT2D eigenvalue weighted by molar-refractivity contribution is 7.09. The van der Waals surface area contributed by atoms with Crippen LogP contribution in [0.15, 0.2) is 30.7 Å². The van der Waals surface area contributed by atoms with E-state index in [1.165, 1.54) is 17.9 Å². The van der Waals surface area contributed by atoms with E-state index in [9.17, 15) is 5.11 Å². The van der Waals surface area contributed by atoms with Crippen molar-refractivity contribution < 1.29 is 5.11 Å². The molecule has 1 fully saturated rings. The lowest BCUT2D eigenvalue weighted by Gasteiger charge is -2.48. The third-order valence-corrected chi connectivity index (χ3v) is 6.18. The fourth-order valence-corrected chi connectivity index (χ4v) is 4.96. The molecule has 2 N–H and O–H groups in total. The number of phenols is 1. The lowest BCUT2D eigenvalue weighted by atomic mass is 9.79. The maximum absolute atomic E-state index is 10.5. The van der Waals surface area contributed by atoms with Gasteiger partial charge in [0, 0.05) is 35.3 Å². The molecule has 0 spiro atoms. The number of halogens is 1. The molecule has 0 radical (unpaired) electrons. The molecule has 4 rings (SSSR count). The number of rotatable bonds is 4. The normalized spacial score (nSPS) is 17.7. The van der Waals surface area contributed by atoms with E-state index in [0.29, 0.717) is 23.2 Å². The van der Waals surface area contributed by atoms with Gasteiger partial charge in [0.05, 0.1) is 6.20 Å². The molecule has 0 aliphatic carbocycles. The summed E-state index contributed by atoms with van der Waals surface area (Å²) < 4.78 is 4.00. The number of aromatic nitrogens is 5. The van der Waals surface area contributed by atoms with Gasteiger partial charge in [-0.1, -0.05) is 6.07 Å². The third kappa shape index (κ3) is 5.11. The molecule has 31 heavy (non-hydrogen) atoms. The van der Waals surface area contributed by atoms with E-state index in [1.54, 1.807) is 18.3 Å². The van der Waals surface area contributed by atoms with Gasteiger partial charge in [-0.05, 0) is 64.2 Å². The molecule has 0 atom stereocenters. The van der Waals surface area contributed by atoms with Gasteiger partial charge in [0.15, 0.2) is 0 Å². The van der Waals surface area contributed by atoms with Crippen molar-refractivity contribution in [3.8, 4) is 27.6 Å². The quantitative estimate of drug-likeness (QED) is 0.602. The summed E-state index contributed by atoms with van der Waals surface area (Å²) in [5, 5.41) is 23.6. The predicted molar refractivity (Wildman–Crippen MR) is 126 cm³/mol. The summed E-state index contributed by atoms with van der Waals surface area (Å²) in [7, 11) is 2.02. The minimum Gasteiger partial charge on any atom is -0.507 e. The number of anilines is 1. The SMILES string of the molecule is CN(c1ncc(-c2ccc(-c3ncns3)cc2O)nn1)C1CC(C)(C)NC(C)(C)C1.Cl. The maximum Gasteiger partial charge on any atom is 0.245 e. The first-order valence-electron chi connectivity index (χ1n) is 9.96. The van der Waals surface area contributed by atoms with E-state index in [-0.39, 0.29) is 29.2 Å². The lowest BCUT2D eigenvalue weighted by molar-refractivity contribution is 0.160. The summed E-state index contributed by atoms with van der Waals surface area (Å²) in [6, 6.07) is 5.66. The fourth-order valence-electron chi connectivity index (χ4n) is 4.44. The highest BCUT2D eigenvalue weighted by Gasteiger charge is 2.39. The van der Waals surface area contributed by atoms with Crippen LogP contribution in [-0.4, -0.2) is 53.8 Å². The van der Waals surface area contributed by atoms with E-state index >= 15 is 0 Å². The second kappa shape index (κ2) is 8.64. The second-order valence-electron chi connectivity index (χ2n) is 9.19. The molecule has 3 heterocycles.